The number of hydrogen-bond acceptors (Lipinski definition) is 7. The molecule has 0 aromatic heterocycles. The van der Waals surface area contributed by atoms with E-state index in [1.54, 1.807) is 0 Å². The molecule has 0 bridgehead atoms. The maximum atomic E-state index is 10.4. The van der Waals surface area contributed by atoms with Crippen LogP contribution >= 0.6 is 7.82 Å². The summed E-state index contributed by atoms with van der Waals surface area (Å²) in [5.41, 5.74) is 10.8. The summed E-state index contributed by atoms with van der Waals surface area (Å²) >= 11 is 0. The minimum Gasteiger partial charge on any atom is -0.389 e. The molecule has 0 radical (unpaired) electrons. The average Bonchev–Trinajstić information content (AvgIpc) is 2.17. The van der Waals surface area contributed by atoms with Crippen molar-refractivity contribution in [3.05, 3.63) is 0 Å². The Balaban J connectivity index is 2.57. The van der Waals surface area contributed by atoms with Gasteiger partial charge in [-0.25, -0.2) is 4.57 Å². The number of rotatable bonds is 3. The Hall–Kier alpha value is -0.0900. The van der Waals surface area contributed by atoms with Crippen LogP contribution < -0.4 is 11.5 Å². The largest absolute Gasteiger partial charge is 0.469 e. The fourth-order valence-electron chi connectivity index (χ4n) is 1.32. The second kappa shape index (κ2) is 5.05. The van der Waals surface area contributed by atoms with Gasteiger partial charge in [0.25, 0.3) is 0 Å². The molecule has 0 aromatic rings. The van der Waals surface area contributed by atoms with Crippen molar-refractivity contribution in [2.75, 3.05) is 6.61 Å². The van der Waals surface area contributed by atoms with Crippen LogP contribution in [0.4, 0.5) is 0 Å². The van der Waals surface area contributed by atoms with Crippen LogP contribution in [0.1, 0.15) is 0 Å². The van der Waals surface area contributed by atoms with Crippen LogP contribution in [0.2, 0.25) is 0 Å². The molecule has 16 heavy (non-hydrogen) atoms. The molecule has 0 saturated carbocycles. The fourth-order valence-corrected chi connectivity index (χ4v) is 1.66. The van der Waals surface area contributed by atoms with Gasteiger partial charge in [0.05, 0.1) is 12.6 Å². The monoisotopic (exact) mass is 258 g/mol. The highest BCUT2D eigenvalue weighted by molar-refractivity contribution is 7.46. The van der Waals surface area contributed by atoms with Crippen molar-refractivity contribution in [1.29, 1.82) is 0 Å². The van der Waals surface area contributed by atoms with Crippen LogP contribution in [-0.2, 0) is 13.8 Å². The molecular formula is C6H15N2O7P. The summed E-state index contributed by atoms with van der Waals surface area (Å²) in [6.45, 7) is -0.594. The Labute approximate surface area is 91.2 Å². The Morgan fingerprint density at radius 2 is 1.81 bits per heavy atom. The van der Waals surface area contributed by atoms with Gasteiger partial charge in [-0.2, -0.15) is 0 Å². The molecule has 5 atom stereocenters. The minimum absolute atomic E-state index is 0.594. The van der Waals surface area contributed by atoms with Gasteiger partial charge >= 0.3 is 7.82 Å². The summed E-state index contributed by atoms with van der Waals surface area (Å²) in [7, 11) is -4.66. The van der Waals surface area contributed by atoms with Crippen LogP contribution in [0.3, 0.4) is 0 Å². The fraction of sp³-hybridized carbons (Fsp3) is 1.00. The second-order valence-corrected chi connectivity index (χ2v) is 4.72. The van der Waals surface area contributed by atoms with Crippen LogP contribution in [0, 0.1) is 0 Å². The zero-order valence-corrected chi connectivity index (χ0v) is 9.10. The topological polar surface area (TPSA) is 168 Å². The van der Waals surface area contributed by atoms with Crippen molar-refractivity contribution < 1.29 is 33.8 Å². The van der Waals surface area contributed by atoms with Gasteiger partial charge in [0, 0.05) is 0 Å². The molecular weight excluding hydrogens is 243 g/mol. The van der Waals surface area contributed by atoms with Crippen molar-refractivity contribution in [1.82, 2.24) is 0 Å². The maximum absolute atomic E-state index is 10.4. The lowest BCUT2D eigenvalue weighted by molar-refractivity contribution is -0.185. The van der Waals surface area contributed by atoms with Crippen molar-refractivity contribution in [3.8, 4) is 0 Å². The minimum atomic E-state index is -4.66. The highest BCUT2D eigenvalue weighted by Gasteiger charge is 2.41. The molecule has 8 N–H and O–H groups in total. The van der Waals surface area contributed by atoms with Crippen molar-refractivity contribution >= 4 is 7.82 Å². The lowest BCUT2D eigenvalue weighted by Gasteiger charge is -2.39. The van der Waals surface area contributed by atoms with Crippen LogP contribution in [0.5, 0.6) is 0 Å². The smallest absolute Gasteiger partial charge is 0.389 e. The summed E-state index contributed by atoms with van der Waals surface area (Å²) in [5, 5.41) is 18.9. The van der Waals surface area contributed by atoms with Crippen LogP contribution in [-0.4, -0.2) is 57.2 Å². The molecule has 9 nitrogen and oxygen atoms in total. The zero-order valence-electron chi connectivity index (χ0n) is 8.21. The number of phosphoric acid groups is 1. The molecule has 1 aliphatic heterocycles. The number of ether oxygens (including phenoxy) is 1. The van der Waals surface area contributed by atoms with Crippen LogP contribution in [0.15, 0.2) is 0 Å². The molecule has 1 saturated heterocycles. The van der Waals surface area contributed by atoms with Crippen molar-refractivity contribution in [3.63, 3.8) is 0 Å². The Bertz CT molecular complexity index is 284. The summed E-state index contributed by atoms with van der Waals surface area (Å²) in [5.74, 6) is 0. The van der Waals surface area contributed by atoms with E-state index in [-0.39, 0.29) is 0 Å². The number of nitrogens with two attached hydrogens (primary N) is 2. The van der Waals surface area contributed by atoms with E-state index in [0.717, 1.165) is 0 Å². The quantitative estimate of drug-likeness (QED) is 0.286. The Kier molecular flexibility index (Phi) is 4.41. The molecule has 1 aliphatic rings. The zero-order chi connectivity index (χ0) is 12.5. The molecule has 2 unspecified atom stereocenters. The second-order valence-electron chi connectivity index (χ2n) is 3.48. The third-order valence-corrected chi connectivity index (χ3v) is 2.73. The summed E-state index contributed by atoms with van der Waals surface area (Å²) in [4.78, 5) is 16.9. The first-order valence-corrected chi connectivity index (χ1v) is 5.98. The molecule has 1 fully saturated rings. The van der Waals surface area contributed by atoms with E-state index in [1.807, 2.05) is 0 Å². The lowest BCUT2D eigenvalue weighted by Crippen LogP contribution is -2.64. The molecule has 0 aliphatic carbocycles. The third kappa shape index (κ3) is 3.45. The first-order chi connectivity index (χ1) is 7.22. The average molecular weight is 258 g/mol. The number of aliphatic hydroxyl groups is 2. The van der Waals surface area contributed by atoms with Crippen molar-refractivity contribution in [2.45, 2.75) is 30.6 Å². The predicted molar refractivity (Wildman–Crippen MR) is 50.8 cm³/mol. The first kappa shape index (κ1) is 14.0. The molecule has 0 spiro atoms. The highest BCUT2D eigenvalue weighted by Crippen LogP contribution is 2.36. The molecule has 0 amide bonds. The van der Waals surface area contributed by atoms with E-state index in [0.29, 0.717) is 0 Å². The SMILES string of the molecule is NC1OC(COP(=O)(O)O)[C@@H](O)[C@H](O)[C@@H]1N. The van der Waals surface area contributed by atoms with Gasteiger partial charge in [0.2, 0.25) is 0 Å². The van der Waals surface area contributed by atoms with Gasteiger partial charge < -0.3 is 36.2 Å². The summed E-state index contributed by atoms with van der Waals surface area (Å²) in [6.07, 6.45) is -4.93. The van der Waals surface area contributed by atoms with E-state index in [1.165, 1.54) is 0 Å². The van der Waals surface area contributed by atoms with E-state index < -0.39 is 45.0 Å². The number of aliphatic hydroxyl groups excluding tert-OH is 2. The van der Waals surface area contributed by atoms with Gasteiger partial charge in [-0.05, 0) is 0 Å². The normalized spacial score (nSPS) is 41.0. The number of hydrogen-bond donors (Lipinski definition) is 6. The van der Waals surface area contributed by atoms with E-state index in [9.17, 15) is 14.8 Å². The van der Waals surface area contributed by atoms with Gasteiger partial charge in [-0.3, -0.25) is 4.52 Å². The third-order valence-electron chi connectivity index (χ3n) is 2.24. The molecule has 96 valence electrons. The molecule has 1 rings (SSSR count). The van der Waals surface area contributed by atoms with Gasteiger partial charge in [-0.15, -0.1) is 0 Å². The van der Waals surface area contributed by atoms with Gasteiger partial charge in [-0.1, -0.05) is 0 Å². The Morgan fingerprint density at radius 3 is 2.31 bits per heavy atom. The van der Waals surface area contributed by atoms with E-state index >= 15 is 0 Å². The molecule has 10 heteroatoms. The maximum Gasteiger partial charge on any atom is 0.469 e. The van der Waals surface area contributed by atoms with E-state index in [2.05, 4.69) is 4.52 Å². The van der Waals surface area contributed by atoms with E-state index in [4.69, 9.17) is 26.0 Å². The molecule has 1 heterocycles. The summed E-state index contributed by atoms with van der Waals surface area (Å²) < 4.78 is 19.5. The lowest BCUT2D eigenvalue weighted by atomic mass is 9.97. The van der Waals surface area contributed by atoms with Crippen molar-refractivity contribution in [2.24, 2.45) is 11.5 Å². The molecule has 0 aromatic carbocycles. The standard InChI is InChI=1S/C6H15N2O7P/c7-3-5(10)4(9)2(15-6(3)8)1-14-16(11,12)13/h2-6,9-10H,1,7-8H2,(H2,11,12,13)/t2?,3-,4+,5+,6?/m0/s1. The predicted octanol–water partition coefficient (Wildman–Crippen LogP) is -3.17. The van der Waals surface area contributed by atoms with Gasteiger partial charge in [0.1, 0.15) is 24.5 Å². The van der Waals surface area contributed by atoms with Crippen LogP contribution in [0.25, 0.3) is 0 Å². The first-order valence-electron chi connectivity index (χ1n) is 4.45. The Morgan fingerprint density at radius 1 is 1.25 bits per heavy atom. The van der Waals surface area contributed by atoms with Gasteiger partial charge in [0.15, 0.2) is 0 Å². The highest BCUT2D eigenvalue weighted by atomic mass is 31.2. The summed E-state index contributed by atoms with van der Waals surface area (Å²) in [6, 6.07) is -0.971. The number of phosphoric ester groups is 1.